The van der Waals surface area contributed by atoms with Crippen LogP contribution in [0.25, 0.3) is 22.3 Å². The molecule has 3 aromatic rings. The standard InChI is InChI=1S/C21H19ClO5/c22-13-7-3-1-5-11(13)18-10-17(26)20-16(25)9-15(24)19(21(20)27-18)12-6-2-4-8-14(12)23/h1,3,5,7,9-10,12,14,23-25H,2,4,6,8H2/t12-,14+/m1/s1. The zero-order valence-corrected chi connectivity index (χ0v) is 15.2. The van der Waals surface area contributed by atoms with Crippen LogP contribution in [0, 0.1) is 0 Å². The Morgan fingerprint density at radius 2 is 1.78 bits per heavy atom. The topological polar surface area (TPSA) is 90.9 Å². The first-order valence-corrected chi connectivity index (χ1v) is 9.31. The van der Waals surface area contributed by atoms with Crippen molar-refractivity contribution in [1.29, 1.82) is 0 Å². The maximum absolute atomic E-state index is 12.7. The van der Waals surface area contributed by atoms with Crippen molar-refractivity contribution in [2.45, 2.75) is 37.7 Å². The lowest BCUT2D eigenvalue weighted by molar-refractivity contribution is 0.105. The normalized spacial score (nSPS) is 20.1. The summed E-state index contributed by atoms with van der Waals surface area (Å²) < 4.78 is 5.99. The molecule has 1 saturated carbocycles. The van der Waals surface area contributed by atoms with Crippen molar-refractivity contribution in [2.75, 3.05) is 0 Å². The predicted octanol–water partition coefficient (Wildman–Crippen LogP) is 4.54. The zero-order chi connectivity index (χ0) is 19.1. The molecule has 0 amide bonds. The molecule has 4 rings (SSSR count). The van der Waals surface area contributed by atoms with Crippen LogP contribution < -0.4 is 5.43 Å². The van der Waals surface area contributed by atoms with E-state index in [1.54, 1.807) is 24.3 Å². The largest absolute Gasteiger partial charge is 0.507 e. The number of aliphatic hydroxyl groups is 1. The quantitative estimate of drug-likeness (QED) is 0.601. The second-order valence-corrected chi connectivity index (χ2v) is 7.35. The number of rotatable bonds is 2. The summed E-state index contributed by atoms with van der Waals surface area (Å²) in [7, 11) is 0. The fourth-order valence-corrected chi connectivity index (χ4v) is 4.15. The van der Waals surface area contributed by atoms with Gasteiger partial charge in [-0.2, -0.15) is 0 Å². The minimum Gasteiger partial charge on any atom is -0.507 e. The van der Waals surface area contributed by atoms with Gasteiger partial charge in [0.2, 0.25) is 0 Å². The Kier molecular flexibility index (Phi) is 4.58. The van der Waals surface area contributed by atoms with Gasteiger partial charge in [-0.25, -0.2) is 0 Å². The Bertz CT molecular complexity index is 1070. The molecule has 3 N–H and O–H groups in total. The van der Waals surface area contributed by atoms with E-state index in [9.17, 15) is 20.1 Å². The van der Waals surface area contributed by atoms with E-state index in [0.29, 0.717) is 29.0 Å². The lowest BCUT2D eigenvalue weighted by Crippen LogP contribution is -2.23. The van der Waals surface area contributed by atoms with E-state index < -0.39 is 11.5 Å². The predicted molar refractivity (Wildman–Crippen MR) is 103 cm³/mol. The highest BCUT2D eigenvalue weighted by Crippen LogP contribution is 2.44. The van der Waals surface area contributed by atoms with E-state index in [0.717, 1.165) is 18.9 Å². The summed E-state index contributed by atoms with van der Waals surface area (Å²) in [5.74, 6) is -0.664. The molecule has 6 heteroatoms. The number of aromatic hydroxyl groups is 2. The van der Waals surface area contributed by atoms with Gasteiger partial charge < -0.3 is 19.7 Å². The second kappa shape index (κ2) is 6.91. The molecule has 1 heterocycles. The van der Waals surface area contributed by atoms with Gasteiger partial charge in [-0.05, 0) is 25.0 Å². The molecule has 0 unspecified atom stereocenters. The molecule has 2 atom stereocenters. The van der Waals surface area contributed by atoms with Crippen LogP contribution in [0.4, 0.5) is 0 Å². The third kappa shape index (κ3) is 3.07. The lowest BCUT2D eigenvalue weighted by Gasteiger charge is -2.28. The number of fused-ring (bicyclic) bond motifs is 1. The first-order chi connectivity index (χ1) is 13.0. The van der Waals surface area contributed by atoms with E-state index in [-0.39, 0.29) is 34.1 Å². The van der Waals surface area contributed by atoms with Gasteiger partial charge in [0.15, 0.2) is 5.43 Å². The molecule has 0 saturated heterocycles. The van der Waals surface area contributed by atoms with E-state index >= 15 is 0 Å². The molecule has 0 radical (unpaired) electrons. The van der Waals surface area contributed by atoms with Crippen molar-refractivity contribution in [1.82, 2.24) is 0 Å². The highest BCUT2D eigenvalue weighted by atomic mass is 35.5. The molecule has 0 aliphatic heterocycles. The van der Waals surface area contributed by atoms with Gasteiger partial charge in [0.1, 0.15) is 28.2 Å². The number of hydrogen-bond donors (Lipinski definition) is 3. The average molecular weight is 387 g/mol. The molecule has 27 heavy (non-hydrogen) atoms. The van der Waals surface area contributed by atoms with Crippen LogP contribution >= 0.6 is 11.6 Å². The van der Waals surface area contributed by atoms with Gasteiger partial charge in [0.05, 0.1) is 11.1 Å². The molecule has 1 aromatic heterocycles. The Morgan fingerprint density at radius 1 is 1.04 bits per heavy atom. The van der Waals surface area contributed by atoms with E-state index in [1.165, 1.54) is 6.07 Å². The summed E-state index contributed by atoms with van der Waals surface area (Å²) in [6.07, 6.45) is 2.43. The van der Waals surface area contributed by atoms with E-state index in [2.05, 4.69) is 0 Å². The maximum Gasteiger partial charge on any atom is 0.197 e. The summed E-state index contributed by atoms with van der Waals surface area (Å²) in [5, 5.41) is 31.6. The van der Waals surface area contributed by atoms with Gasteiger partial charge in [0.25, 0.3) is 0 Å². The van der Waals surface area contributed by atoms with Crippen molar-refractivity contribution in [3.63, 3.8) is 0 Å². The van der Waals surface area contributed by atoms with Crippen LogP contribution in [-0.2, 0) is 0 Å². The fraction of sp³-hybridized carbons (Fsp3) is 0.286. The second-order valence-electron chi connectivity index (χ2n) is 6.95. The van der Waals surface area contributed by atoms with Crippen molar-refractivity contribution in [3.8, 4) is 22.8 Å². The first-order valence-electron chi connectivity index (χ1n) is 8.93. The number of hydrogen-bond acceptors (Lipinski definition) is 5. The van der Waals surface area contributed by atoms with Crippen molar-refractivity contribution < 1.29 is 19.7 Å². The minimum atomic E-state index is -0.647. The Labute approximate surface area is 160 Å². The summed E-state index contributed by atoms with van der Waals surface area (Å²) in [6, 6.07) is 9.38. The molecule has 1 fully saturated rings. The van der Waals surface area contributed by atoms with E-state index in [1.807, 2.05) is 0 Å². The molecule has 0 spiro atoms. The number of halogens is 1. The van der Waals surface area contributed by atoms with Crippen molar-refractivity contribution in [2.24, 2.45) is 0 Å². The number of phenolic OH excluding ortho intramolecular Hbond substituents is 2. The van der Waals surface area contributed by atoms with Crippen molar-refractivity contribution in [3.05, 3.63) is 57.2 Å². The van der Waals surface area contributed by atoms with Gasteiger partial charge in [-0.1, -0.05) is 36.6 Å². The molecule has 1 aliphatic carbocycles. The summed E-state index contributed by atoms with van der Waals surface area (Å²) in [4.78, 5) is 12.7. The van der Waals surface area contributed by atoms with Crippen LogP contribution in [0.3, 0.4) is 0 Å². The summed E-state index contributed by atoms with van der Waals surface area (Å²) in [6.45, 7) is 0. The Hall–Kier alpha value is -2.50. The molecule has 140 valence electrons. The van der Waals surface area contributed by atoms with E-state index in [4.69, 9.17) is 16.0 Å². The van der Waals surface area contributed by atoms with Crippen LogP contribution in [0.15, 0.2) is 45.6 Å². The smallest absolute Gasteiger partial charge is 0.197 e. The van der Waals surface area contributed by atoms with Gasteiger partial charge in [-0.3, -0.25) is 4.79 Å². The number of benzene rings is 2. The summed E-state index contributed by atoms with van der Waals surface area (Å²) in [5.41, 5.74) is 0.563. The summed E-state index contributed by atoms with van der Waals surface area (Å²) >= 11 is 6.24. The average Bonchev–Trinajstić information content (AvgIpc) is 2.63. The van der Waals surface area contributed by atoms with Crippen LogP contribution in [-0.4, -0.2) is 21.4 Å². The van der Waals surface area contributed by atoms with Crippen LogP contribution in [0.2, 0.25) is 5.02 Å². The molecule has 5 nitrogen and oxygen atoms in total. The zero-order valence-electron chi connectivity index (χ0n) is 14.5. The molecule has 1 aliphatic rings. The molecular weight excluding hydrogens is 368 g/mol. The third-order valence-corrected chi connectivity index (χ3v) is 5.57. The monoisotopic (exact) mass is 386 g/mol. The molecule has 2 aromatic carbocycles. The Balaban J connectivity index is 2.03. The number of phenols is 2. The van der Waals surface area contributed by atoms with Gasteiger partial charge in [-0.15, -0.1) is 0 Å². The number of aliphatic hydroxyl groups excluding tert-OH is 1. The van der Waals surface area contributed by atoms with Crippen LogP contribution in [0.5, 0.6) is 11.5 Å². The van der Waals surface area contributed by atoms with Gasteiger partial charge in [0, 0.05) is 29.2 Å². The highest BCUT2D eigenvalue weighted by Gasteiger charge is 2.31. The van der Waals surface area contributed by atoms with Crippen LogP contribution in [0.1, 0.15) is 37.2 Å². The first kappa shape index (κ1) is 17.9. The Morgan fingerprint density at radius 3 is 2.52 bits per heavy atom. The maximum atomic E-state index is 12.7. The molecule has 0 bridgehead atoms. The third-order valence-electron chi connectivity index (χ3n) is 5.24. The van der Waals surface area contributed by atoms with Crippen molar-refractivity contribution >= 4 is 22.6 Å². The fourth-order valence-electron chi connectivity index (χ4n) is 3.92. The molecular formula is C21H19ClO5. The highest BCUT2D eigenvalue weighted by molar-refractivity contribution is 6.33. The van der Waals surface area contributed by atoms with Gasteiger partial charge >= 0.3 is 0 Å². The minimum absolute atomic E-state index is 0.00335. The lowest BCUT2D eigenvalue weighted by atomic mass is 9.80. The SMILES string of the molecule is O=c1cc(-c2ccccc2Cl)oc2c([C@@H]3CCCC[C@@H]3O)c(O)cc(O)c12.